The minimum Gasteiger partial charge on any atom is -0.503 e. The molecule has 0 atom stereocenters. The zero-order valence-corrected chi connectivity index (χ0v) is 11.6. The Kier molecular flexibility index (Phi) is 5.21. The molecule has 0 radical (unpaired) electrons. The Labute approximate surface area is 126 Å². The molecule has 0 spiro atoms. The van der Waals surface area contributed by atoms with Gasteiger partial charge in [-0.25, -0.2) is 4.79 Å². The fourth-order valence-electron chi connectivity index (χ4n) is 1.58. The van der Waals surface area contributed by atoms with Crippen LogP contribution in [0.4, 0.5) is 4.79 Å². The van der Waals surface area contributed by atoms with Gasteiger partial charge in [0.25, 0.3) is 5.56 Å². The van der Waals surface area contributed by atoms with Crippen LogP contribution in [-0.2, 0) is 11.3 Å². The number of hydrogen-bond donors (Lipinski definition) is 3. The first-order chi connectivity index (χ1) is 10.6. The fraction of sp³-hybridized carbons (Fsp3) is 0.125. The number of aromatic amines is 1. The van der Waals surface area contributed by atoms with Crippen LogP contribution in [0.2, 0.25) is 0 Å². The summed E-state index contributed by atoms with van der Waals surface area (Å²) in [6.07, 6.45) is 0.811. The van der Waals surface area contributed by atoms with Gasteiger partial charge in [0.1, 0.15) is 6.61 Å². The number of alkyl carbamates (subject to hydrolysis) is 1. The van der Waals surface area contributed by atoms with Gasteiger partial charge >= 0.3 is 6.09 Å². The third-order valence-corrected chi connectivity index (χ3v) is 2.65. The highest BCUT2D eigenvalue weighted by Gasteiger charge is 2.00. The van der Waals surface area contributed by atoms with E-state index in [4.69, 9.17) is 4.74 Å². The molecule has 2 rings (SSSR count). The summed E-state index contributed by atoms with van der Waals surface area (Å²) in [5, 5.41) is 11.7. The largest absolute Gasteiger partial charge is 0.503 e. The molecule has 1 amide bonds. The molecule has 6 nitrogen and oxygen atoms in total. The maximum Gasteiger partial charge on any atom is 0.408 e. The van der Waals surface area contributed by atoms with Gasteiger partial charge in [-0.1, -0.05) is 42.2 Å². The van der Waals surface area contributed by atoms with Crippen LogP contribution >= 0.6 is 0 Å². The monoisotopic (exact) mass is 298 g/mol. The summed E-state index contributed by atoms with van der Waals surface area (Å²) in [7, 11) is 0. The van der Waals surface area contributed by atoms with E-state index in [0.717, 1.165) is 5.56 Å². The van der Waals surface area contributed by atoms with Crippen molar-refractivity contribution in [1.29, 1.82) is 0 Å². The summed E-state index contributed by atoms with van der Waals surface area (Å²) in [6, 6.07) is 10.6. The predicted molar refractivity (Wildman–Crippen MR) is 80.2 cm³/mol. The van der Waals surface area contributed by atoms with Crippen molar-refractivity contribution in [2.45, 2.75) is 6.61 Å². The van der Waals surface area contributed by atoms with E-state index < -0.39 is 17.4 Å². The molecule has 2 aromatic rings. The molecule has 0 aliphatic carbocycles. The van der Waals surface area contributed by atoms with Gasteiger partial charge in [-0.15, -0.1) is 0 Å². The van der Waals surface area contributed by atoms with E-state index in [1.165, 1.54) is 12.3 Å². The second-order valence-electron chi connectivity index (χ2n) is 4.32. The molecule has 1 heterocycles. The molecule has 3 N–H and O–H groups in total. The fourth-order valence-corrected chi connectivity index (χ4v) is 1.58. The van der Waals surface area contributed by atoms with Crippen molar-refractivity contribution in [2.24, 2.45) is 0 Å². The first-order valence-corrected chi connectivity index (χ1v) is 6.50. The molecule has 22 heavy (non-hydrogen) atoms. The summed E-state index contributed by atoms with van der Waals surface area (Å²) >= 11 is 0. The van der Waals surface area contributed by atoms with Crippen molar-refractivity contribution < 1.29 is 14.6 Å². The standard InChI is InChI=1S/C16H14N2O4/c19-14-9-13(10-18-15(14)20)7-4-8-17-16(21)22-11-12-5-2-1-3-6-12/h1-3,5-6,9-10,19H,8,11H2,(H,17,21)(H,18,20). The molecule has 0 unspecified atom stereocenters. The molecule has 6 heteroatoms. The van der Waals surface area contributed by atoms with Crippen LogP contribution in [0.5, 0.6) is 5.75 Å². The van der Waals surface area contributed by atoms with E-state index >= 15 is 0 Å². The maximum absolute atomic E-state index is 11.4. The number of nitrogens with one attached hydrogen (secondary N) is 2. The number of carbonyl (C=O) groups excluding carboxylic acids is 1. The number of aromatic hydroxyl groups is 1. The molecule has 0 bridgehead atoms. The van der Waals surface area contributed by atoms with Gasteiger partial charge in [0.05, 0.1) is 6.54 Å². The van der Waals surface area contributed by atoms with Crippen LogP contribution in [0.25, 0.3) is 0 Å². The Hall–Kier alpha value is -3.20. The number of pyridine rings is 1. The molecule has 0 saturated heterocycles. The van der Waals surface area contributed by atoms with Crippen LogP contribution in [0.15, 0.2) is 47.4 Å². The average Bonchev–Trinajstić information content (AvgIpc) is 2.54. The zero-order valence-electron chi connectivity index (χ0n) is 11.6. The number of aromatic nitrogens is 1. The van der Waals surface area contributed by atoms with E-state index in [1.54, 1.807) is 0 Å². The predicted octanol–water partition coefficient (Wildman–Crippen LogP) is 1.36. The van der Waals surface area contributed by atoms with Crippen molar-refractivity contribution in [3.8, 4) is 17.6 Å². The van der Waals surface area contributed by atoms with E-state index in [2.05, 4.69) is 22.1 Å². The molecule has 1 aromatic heterocycles. The number of amides is 1. The van der Waals surface area contributed by atoms with Crippen LogP contribution in [0.3, 0.4) is 0 Å². The lowest BCUT2D eigenvalue weighted by molar-refractivity contribution is 0.141. The van der Waals surface area contributed by atoms with Gasteiger partial charge < -0.3 is 20.1 Å². The highest BCUT2D eigenvalue weighted by atomic mass is 16.5. The topological polar surface area (TPSA) is 91.4 Å². The molecule has 112 valence electrons. The van der Waals surface area contributed by atoms with Gasteiger partial charge in [0.15, 0.2) is 5.75 Å². The lowest BCUT2D eigenvalue weighted by atomic mass is 10.2. The smallest absolute Gasteiger partial charge is 0.408 e. The SMILES string of the molecule is O=C(NCC#Cc1c[nH]c(=O)c(O)c1)OCc1ccccc1. The summed E-state index contributed by atoms with van der Waals surface area (Å²) in [5.41, 5.74) is 0.761. The van der Waals surface area contributed by atoms with Gasteiger partial charge in [0.2, 0.25) is 0 Å². The Morgan fingerprint density at radius 3 is 2.82 bits per heavy atom. The van der Waals surface area contributed by atoms with Gasteiger partial charge in [-0.2, -0.15) is 0 Å². The molecule has 0 fully saturated rings. The van der Waals surface area contributed by atoms with Gasteiger partial charge in [-0.3, -0.25) is 4.79 Å². The molecule has 1 aromatic carbocycles. The number of ether oxygens (including phenoxy) is 1. The minimum atomic E-state index is -0.576. The van der Waals surface area contributed by atoms with E-state index in [9.17, 15) is 14.7 Å². The normalized spacial score (nSPS) is 9.45. The van der Waals surface area contributed by atoms with Crippen molar-refractivity contribution in [2.75, 3.05) is 6.54 Å². The summed E-state index contributed by atoms with van der Waals surface area (Å²) < 4.78 is 5.01. The lowest BCUT2D eigenvalue weighted by Crippen LogP contribution is -2.24. The number of rotatable bonds is 3. The molecule has 0 aliphatic heterocycles. The zero-order chi connectivity index (χ0) is 15.8. The third-order valence-electron chi connectivity index (χ3n) is 2.65. The number of benzene rings is 1. The van der Waals surface area contributed by atoms with Crippen molar-refractivity contribution in [3.63, 3.8) is 0 Å². The van der Waals surface area contributed by atoms with Crippen LogP contribution in [0, 0.1) is 11.8 Å². The van der Waals surface area contributed by atoms with Crippen molar-refractivity contribution in [3.05, 3.63) is 64.1 Å². The summed E-state index contributed by atoms with van der Waals surface area (Å²) in [6.45, 7) is 0.279. The summed E-state index contributed by atoms with van der Waals surface area (Å²) in [4.78, 5) is 24.7. The lowest BCUT2D eigenvalue weighted by Gasteiger charge is -2.04. The number of carbonyl (C=O) groups is 1. The van der Waals surface area contributed by atoms with E-state index in [1.807, 2.05) is 30.3 Å². The van der Waals surface area contributed by atoms with Crippen molar-refractivity contribution in [1.82, 2.24) is 10.3 Å². The van der Waals surface area contributed by atoms with Crippen molar-refractivity contribution >= 4 is 6.09 Å². The summed E-state index contributed by atoms with van der Waals surface area (Å²) in [5.74, 6) is 4.97. The third kappa shape index (κ3) is 4.72. The Bertz CT molecular complexity index is 757. The first-order valence-electron chi connectivity index (χ1n) is 6.50. The Morgan fingerprint density at radius 2 is 2.09 bits per heavy atom. The highest BCUT2D eigenvalue weighted by Crippen LogP contribution is 2.01. The quantitative estimate of drug-likeness (QED) is 0.746. The van der Waals surface area contributed by atoms with Gasteiger partial charge in [-0.05, 0) is 5.56 Å². The average molecular weight is 298 g/mol. The van der Waals surface area contributed by atoms with Crippen LogP contribution in [-0.4, -0.2) is 22.7 Å². The molecular weight excluding hydrogens is 284 g/mol. The first kappa shape index (κ1) is 15.2. The van der Waals surface area contributed by atoms with Crippen LogP contribution < -0.4 is 10.9 Å². The minimum absolute atomic E-state index is 0.0908. The second kappa shape index (κ2) is 7.55. The number of H-pyrrole nitrogens is 1. The Morgan fingerprint density at radius 1 is 1.32 bits per heavy atom. The van der Waals surface area contributed by atoms with Crippen LogP contribution in [0.1, 0.15) is 11.1 Å². The Balaban J connectivity index is 1.76. The molecule has 0 aliphatic rings. The maximum atomic E-state index is 11.4. The highest BCUT2D eigenvalue weighted by molar-refractivity contribution is 5.67. The molecule has 0 saturated carbocycles. The second-order valence-corrected chi connectivity index (χ2v) is 4.32. The number of hydrogen-bond acceptors (Lipinski definition) is 4. The van der Waals surface area contributed by atoms with E-state index in [0.29, 0.717) is 5.56 Å². The molecular formula is C16H14N2O4. The van der Waals surface area contributed by atoms with Gasteiger partial charge in [0, 0.05) is 17.8 Å². The van der Waals surface area contributed by atoms with E-state index in [-0.39, 0.29) is 13.2 Å².